The van der Waals surface area contributed by atoms with Crippen molar-refractivity contribution in [1.82, 2.24) is 0 Å². The van der Waals surface area contributed by atoms with Crippen LogP contribution in [0.25, 0.3) is 21.5 Å². The molecule has 4 aromatic rings. The van der Waals surface area contributed by atoms with E-state index in [4.69, 9.17) is 16.3 Å². The Morgan fingerprint density at radius 3 is 2.00 bits per heavy atom. The maximum atomic E-state index is 11.9. The average molecular weight is 960 g/mol. The van der Waals surface area contributed by atoms with Crippen LogP contribution in [-0.2, 0) is 90.6 Å². The molecule has 2 N–H and O–H groups in total. The number of carboxylic acid groups (broad SMARTS) is 2. The summed E-state index contributed by atoms with van der Waals surface area (Å²) in [7, 11) is 0. The summed E-state index contributed by atoms with van der Waals surface area (Å²) in [6.07, 6.45) is 14.7. The number of hydrogen-bond acceptors (Lipinski definition) is 4. The van der Waals surface area contributed by atoms with E-state index in [1.807, 2.05) is 36.4 Å². The molecule has 3 aliphatic rings. The van der Waals surface area contributed by atoms with Crippen LogP contribution in [0.4, 0.5) is 11.4 Å². The van der Waals surface area contributed by atoms with E-state index < -0.39 is 17.4 Å². The van der Waals surface area contributed by atoms with Gasteiger partial charge in [0, 0.05) is 100 Å². The van der Waals surface area contributed by atoms with Crippen LogP contribution in [0, 0.1) is 26.0 Å². The van der Waals surface area contributed by atoms with Crippen molar-refractivity contribution in [3.05, 3.63) is 142 Å². The Morgan fingerprint density at radius 1 is 0.814 bits per heavy atom. The fourth-order valence-electron chi connectivity index (χ4n) is 9.50. The Morgan fingerprint density at radius 2 is 1.41 bits per heavy atom. The van der Waals surface area contributed by atoms with Gasteiger partial charge < -0.3 is 19.8 Å². The molecule has 10 heteroatoms. The molecule has 3 heterocycles. The molecule has 0 aliphatic carbocycles. The molecular weight excluding hydrogens is 910 g/mol. The van der Waals surface area contributed by atoms with Gasteiger partial charge in [0.1, 0.15) is 12.2 Å². The number of carbonyl (C=O) groups is 2. The van der Waals surface area contributed by atoms with E-state index >= 15 is 0 Å². The zero-order valence-electron chi connectivity index (χ0n) is 34.8. The standard InChI is InChI=1S/C49H50ClN2O5.2Y/c1-7-48(8-2)41(51(26-23-43(53)54)38-18-13-34-29-31(5)11-16-36(34)45(38)48)21-15-33-25-28-57-40(47(33)50)20-22-42-49(9-3,10-4)46-37-17-12-32(6)30-35(37)14-19-39(46)52(42)27-24-44(55)56;;/h11-15,18-22,25,28-30H,7-10,23-24,26-27H2,1-6H3,(H,53,54)(H,55,56);;/q-1;;. The normalized spacial score (nSPS) is 17.8. The van der Waals surface area contributed by atoms with Crippen LogP contribution in [0.5, 0.6) is 0 Å². The first-order valence-corrected chi connectivity index (χ1v) is 20.4. The molecule has 0 unspecified atom stereocenters. The van der Waals surface area contributed by atoms with Crippen LogP contribution in [0.15, 0.2) is 107 Å². The SMILES string of the molecule is CCC1(CC)C(/C=C/C2=C(Cl)C(=C/C=C3/N(CCC(=O)O)c4ccc5cc(C)c[c-]c5c4C3(CC)CC)/OC=C2)=[N+](CCC(=O)O)c2ccc3cc(C)c[c-]c3c21.[Y].[Y]. The van der Waals surface area contributed by atoms with Gasteiger partial charge in [-0.15, -0.1) is 69.1 Å². The molecule has 0 fully saturated rings. The maximum Gasteiger partial charge on any atom is 0.309 e. The molecule has 0 aromatic heterocycles. The number of nitrogens with zero attached hydrogens (tertiary/aromatic N) is 2. The molecule has 0 saturated heterocycles. The summed E-state index contributed by atoms with van der Waals surface area (Å²) in [6, 6.07) is 24.0. The van der Waals surface area contributed by atoms with Crippen LogP contribution in [-0.4, -0.2) is 45.5 Å². The maximum absolute atomic E-state index is 11.9. The minimum atomic E-state index is -0.854. The van der Waals surface area contributed by atoms with Crippen LogP contribution in [0.2, 0.25) is 0 Å². The minimum Gasteiger partial charge on any atom is -0.481 e. The zero-order valence-corrected chi connectivity index (χ0v) is 41.2. The fourth-order valence-corrected chi connectivity index (χ4v) is 9.74. The Labute approximate surface area is 403 Å². The molecule has 0 amide bonds. The van der Waals surface area contributed by atoms with Crippen molar-refractivity contribution in [1.29, 1.82) is 0 Å². The molecule has 59 heavy (non-hydrogen) atoms. The molecule has 7 nitrogen and oxygen atoms in total. The second-order valence-corrected chi connectivity index (χ2v) is 15.7. The molecule has 2 radical (unpaired) electrons. The van der Waals surface area contributed by atoms with Crippen molar-refractivity contribution in [3.8, 4) is 0 Å². The van der Waals surface area contributed by atoms with Crippen molar-refractivity contribution in [2.24, 2.45) is 0 Å². The number of rotatable bonds is 13. The van der Waals surface area contributed by atoms with E-state index in [1.54, 1.807) is 6.26 Å². The first kappa shape index (κ1) is 46.9. The van der Waals surface area contributed by atoms with Gasteiger partial charge in [-0.3, -0.25) is 9.59 Å². The summed E-state index contributed by atoms with van der Waals surface area (Å²) in [5.41, 5.74) is 8.68. The van der Waals surface area contributed by atoms with Gasteiger partial charge in [0.2, 0.25) is 0 Å². The van der Waals surface area contributed by atoms with E-state index in [0.29, 0.717) is 23.9 Å². The summed E-state index contributed by atoms with van der Waals surface area (Å²) in [4.78, 5) is 26.0. The molecule has 0 spiro atoms. The molecule has 0 saturated carbocycles. The molecule has 7 rings (SSSR count). The summed E-state index contributed by atoms with van der Waals surface area (Å²) in [6.45, 7) is 13.5. The Bertz CT molecular complexity index is 2500. The molecule has 3 aliphatic heterocycles. The summed E-state index contributed by atoms with van der Waals surface area (Å²) in [5, 5.41) is 24.3. The van der Waals surface area contributed by atoms with E-state index in [2.05, 4.69) is 106 Å². The number of anilines is 1. The quantitative estimate of drug-likeness (QED) is 0.102. The molecule has 300 valence electrons. The minimum absolute atomic E-state index is 0. The van der Waals surface area contributed by atoms with Gasteiger partial charge in [-0.1, -0.05) is 76.9 Å². The summed E-state index contributed by atoms with van der Waals surface area (Å²) >= 11 is 7.19. The van der Waals surface area contributed by atoms with Crippen molar-refractivity contribution in [2.45, 2.75) is 90.9 Å². The third-order valence-corrected chi connectivity index (χ3v) is 12.8. The van der Waals surface area contributed by atoms with Crippen molar-refractivity contribution >= 4 is 62.2 Å². The topological polar surface area (TPSA) is 90.1 Å². The summed E-state index contributed by atoms with van der Waals surface area (Å²) < 4.78 is 8.23. The third kappa shape index (κ3) is 8.41. The first-order chi connectivity index (χ1) is 27.4. The largest absolute Gasteiger partial charge is 0.481 e. The van der Waals surface area contributed by atoms with Gasteiger partial charge in [-0.05, 0) is 61.6 Å². The van der Waals surface area contributed by atoms with E-state index in [-0.39, 0.29) is 83.7 Å². The Balaban J connectivity index is 0.00000331. The van der Waals surface area contributed by atoms with Crippen LogP contribution >= 0.6 is 11.6 Å². The van der Waals surface area contributed by atoms with Gasteiger partial charge >= 0.3 is 11.9 Å². The molecule has 4 aromatic carbocycles. The molecule has 0 bridgehead atoms. The molecule has 0 atom stereocenters. The Hall–Kier alpha value is -3.19. The first-order valence-electron chi connectivity index (χ1n) is 20.0. The van der Waals surface area contributed by atoms with Crippen molar-refractivity contribution < 1.29 is 94.5 Å². The smallest absolute Gasteiger partial charge is 0.309 e. The number of aliphatic carboxylic acids is 2. The van der Waals surface area contributed by atoms with Gasteiger partial charge in [0.05, 0.1) is 23.1 Å². The Kier molecular flexibility index (Phi) is 15.3. The predicted molar refractivity (Wildman–Crippen MR) is 230 cm³/mol. The van der Waals surface area contributed by atoms with Gasteiger partial charge in [0.25, 0.3) is 0 Å². The number of aryl methyl sites for hydroxylation is 2. The summed E-state index contributed by atoms with van der Waals surface area (Å²) in [5.74, 6) is -1.23. The number of benzene rings is 4. The van der Waals surface area contributed by atoms with E-state index in [9.17, 15) is 19.8 Å². The second kappa shape index (κ2) is 19.2. The zero-order chi connectivity index (χ0) is 40.6. The molecular formula is C49H50ClN2O5Y2-. The number of fused-ring (bicyclic) bond motifs is 6. The number of allylic oxidation sites excluding steroid dienone is 8. The average Bonchev–Trinajstić information content (AvgIpc) is 3.63. The van der Waals surface area contributed by atoms with Crippen molar-refractivity contribution in [3.63, 3.8) is 0 Å². The van der Waals surface area contributed by atoms with Crippen LogP contribution < -0.4 is 4.90 Å². The van der Waals surface area contributed by atoms with Crippen molar-refractivity contribution in [2.75, 3.05) is 18.0 Å². The van der Waals surface area contributed by atoms with Gasteiger partial charge in [-0.2, -0.15) is 0 Å². The van der Waals surface area contributed by atoms with Crippen LogP contribution in [0.3, 0.4) is 0 Å². The van der Waals surface area contributed by atoms with Gasteiger partial charge in [0.15, 0.2) is 17.9 Å². The van der Waals surface area contributed by atoms with E-state index in [0.717, 1.165) is 86.7 Å². The van der Waals surface area contributed by atoms with E-state index in [1.165, 1.54) is 11.1 Å². The van der Waals surface area contributed by atoms with Crippen LogP contribution in [0.1, 0.15) is 88.5 Å². The third-order valence-electron chi connectivity index (χ3n) is 12.4. The number of halogens is 1. The predicted octanol–water partition coefficient (Wildman–Crippen LogP) is 11.2. The number of ether oxygens (including phenoxy) is 1. The van der Waals surface area contributed by atoms with Gasteiger partial charge in [-0.25, -0.2) is 4.58 Å². The second-order valence-electron chi connectivity index (χ2n) is 15.4. The number of carboxylic acids is 2. The number of hydrogen-bond donors (Lipinski definition) is 2. The monoisotopic (exact) mass is 959 g/mol. The fraction of sp³-hybridized carbons (Fsp3) is 0.327.